The van der Waals surface area contributed by atoms with E-state index in [2.05, 4.69) is 20.4 Å². The summed E-state index contributed by atoms with van der Waals surface area (Å²) in [5, 5.41) is 7.51. The number of nitrogens with one attached hydrogen (secondary N) is 2. The highest BCUT2D eigenvalue weighted by Crippen LogP contribution is 2.40. The molecule has 26 heavy (non-hydrogen) atoms. The summed E-state index contributed by atoms with van der Waals surface area (Å²) in [7, 11) is 0. The molecule has 1 atom stereocenters. The van der Waals surface area contributed by atoms with Gasteiger partial charge >= 0.3 is 0 Å². The smallest absolute Gasteiger partial charge is 0.252 e. The number of fused-ring (bicyclic) bond motifs is 1. The predicted octanol–water partition coefficient (Wildman–Crippen LogP) is 2.16. The van der Waals surface area contributed by atoms with Gasteiger partial charge in [-0.3, -0.25) is 9.59 Å². The fourth-order valence-electron chi connectivity index (χ4n) is 3.21. The van der Waals surface area contributed by atoms with Crippen LogP contribution >= 0.6 is 0 Å². The molecule has 4 rings (SSSR count). The van der Waals surface area contributed by atoms with Crippen molar-refractivity contribution < 1.29 is 9.18 Å². The summed E-state index contributed by atoms with van der Waals surface area (Å²) >= 11 is 0. The van der Waals surface area contributed by atoms with Crippen molar-refractivity contribution >= 4 is 16.8 Å². The van der Waals surface area contributed by atoms with Crippen LogP contribution in [0.1, 0.15) is 42.0 Å². The van der Waals surface area contributed by atoms with Crippen LogP contribution in [0.15, 0.2) is 35.4 Å². The number of carbonyl (C=O) groups is 1. The molecule has 1 fully saturated rings. The molecule has 0 aliphatic heterocycles. The number of aromatic amines is 1. The van der Waals surface area contributed by atoms with Crippen molar-refractivity contribution in [1.29, 1.82) is 0 Å². The number of aryl methyl sites for hydroxylation is 1. The van der Waals surface area contributed by atoms with Gasteiger partial charge in [0.2, 0.25) is 5.56 Å². The monoisotopic (exact) mass is 355 g/mol. The van der Waals surface area contributed by atoms with Crippen molar-refractivity contribution in [2.45, 2.75) is 32.4 Å². The first kappa shape index (κ1) is 16.4. The lowest BCUT2D eigenvalue weighted by atomic mass is 10.1. The molecule has 0 bridgehead atoms. The van der Waals surface area contributed by atoms with Crippen LogP contribution in [0.5, 0.6) is 0 Å². The summed E-state index contributed by atoms with van der Waals surface area (Å²) in [4.78, 5) is 31.7. The SMILES string of the molecule is CCn1ncnc1C(NC(=O)c1cc(=O)[nH]c2ccc(F)cc12)C1CC1. The minimum Gasteiger partial charge on any atom is -0.342 e. The van der Waals surface area contributed by atoms with E-state index >= 15 is 0 Å². The highest BCUT2D eigenvalue weighted by molar-refractivity contribution is 6.06. The number of H-pyrrole nitrogens is 1. The molecule has 1 saturated carbocycles. The third kappa shape index (κ3) is 2.98. The van der Waals surface area contributed by atoms with E-state index in [0.717, 1.165) is 12.8 Å². The molecule has 2 heterocycles. The summed E-state index contributed by atoms with van der Waals surface area (Å²) in [6.45, 7) is 2.60. The Morgan fingerprint density at radius 1 is 1.42 bits per heavy atom. The second-order valence-corrected chi connectivity index (χ2v) is 6.46. The number of halogens is 1. The number of aromatic nitrogens is 4. The van der Waals surface area contributed by atoms with Crippen LogP contribution in [0, 0.1) is 11.7 Å². The molecule has 2 N–H and O–H groups in total. The number of hydrogen-bond acceptors (Lipinski definition) is 4. The number of carbonyl (C=O) groups excluding carboxylic acids is 1. The maximum absolute atomic E-state index is 13.7. The minimum atomic E-state index is -0.469. The molecular weight excluding hydrogens is 337 g/mol. The van der Waals surface area contributed by atoms with Gasteiger partial charge in [-0.2, -0.15) is 5.10 Å². The highest BCUT2D eigenvalue weighted by atomic mass is 19.1. The van der Waals surface area contributed by atoms with Crippen molar-refractivity contribution in [2.24, 2.45) is 5.92 Å². The fourth-order valence-corrected chi connectivity index (χ4v) is 3.21. The fraction of sp³-hybridized carbons (Fsp3) is 0.333. The molecule has 1 aliphatic rings. The second kappa shape index (κ2) is 6.36. The maximum Gasteiger partial charge on any atom is 0.252 e. The van der Waals surface area contributed by atoms with Crippen LogP contribution in [0.4, 0.5) is 4.39 Å². The average Bonchev–Trinajstić information content (AvgIpc) is 3.36. The van der Waals surface area contributed by atoms with E-state index in [1.54, 1.807) is 4.68 Å². The summed E-state index contributed by atoms with van der Waals surface area (Å²) in [5.74, 6) is 0.0967. The van der Waals surface area contributed by atoms with Gasteiger partial charge in [-0.1, -0.05) is 0 Å². The van der Waals surface area contributed by atoms with E-state index in [1.165, 1.54) is 30.6 Å². The van der Waals surface area contributed by atoms with Crippen molar-refractivity contribution in [1.82, 2.24) is 25.1 Å². The third-order valence-electron chi connectivity index (χ3n) is 4.65. The van der Waals surface area contributed by atoms with Crippen molar-refractivity contribution in [3.63, 3.8) is 0 Å². The lowest BCUT2D eigenvalue weighted by Gasteiger charge is -2.18. The lowest BCUT2D eigenvalue weighted by Crippen LogP contribution is -2.33. The Hall–Kier alpha value is -3.03. The van der Waals surface area contributed by atoms with Crippen LogP contribution in [0.3, 0.4) is 0 Å². The quantitative estimate of drug-likeness (QED) is 0.733. The van der Waals surface area contributed by atoms with Gasteiger partial charge in [0.25, 0.3) is 5.91 Å². The van der Waals surface area contributed by atoms with Gasteiger partial charge in [0.05, 0.1) is 11.6 Å². The number of pyridine rings is 1. The summed E-state index contributed by atoms with van der Waals surface area (Å²) < 4.78 is 15.4. The molecular formula is C18H18FN5O2. The molecule has 2 aromatic heterocycles. The third-order valence-corrected chi connectivity index (χ3v) is 4.65. The Labute approximate surface area is 148 Å². The predicted molar refractivity (Wildman–Crippen MR) is 93.2 cm³/mol. The van der Waals surface area contributed by atoms with Crippen LogP contribution in [-0.4, -0.2) is 25.7 Å². The molecule has 1 amide bonds. The van der Waals surface area contributed by atoms with E-state index in [9.17, 15) is 14.0 Å². The molecule has 1 aliphatic carbocycles. The summed E-state index contributed by atoms with van der Waals surface area (Å²) in [5.41, 5.74) is 0.161. The molecule has 1 unspecified atom stereocenters. The normalized spacial score (nSPS) is 15.2. The topological polar surface area (TPSA) is 92.7 Å². The Bertz CT molecular complexity index is 1040. The maximum atomic E-state index is 13.7. The Kier molecular flexibility index (Phi) is 4.02. The Balaban J connectivity index is 1.72. The average molecular weight is 355 g/mol. The van der Waals surface area contributed by atoms with Crippen LogP contribution in [0.2, 0.25) is 0 Å². The van der Waals surface area contributed by atoms with Crippen LogP contribution < -0.4 is 10.9 Å². The van der Waals surface area contributed by atoms with Gasteiger partial charge in [-0.05, 0) is 43.9 Å². The molecule has 0 spiro atoms. The van der Waals surface area contributed by atoms with Crippen molar-refractivity contribution in [3.05, 3.63) is 58.2 Å². The van der Waals surface area contributed by atoms with E-state index in [4.69, 9.17) is 0 Å². The second-order valence-electron chi connectivity index (χ2n) is 6.46. The molecule has 0 radical (unpaired) electrons. The Morgan fingerprint density at radius 3 is 2.96 bits per heavy atom. The van der Waals surface area contributed by atoms with Crippen molar-refractivity contribution in [3.8, 4) is 0 Å². The van der Waals surface area contributed by atoms with E-state index in [0.29, 0.717) is 29.2 Å². The number of rotatable bonds is 5. The minimum absolute atomic E-state index is 0.150. The molecule has 8 heteroatoms. The molecule has 3 aromatic rings. The zero-order valence-corrected chi connectivity index (χ0v) is 14.2. The number of amides is 1. The van der Waals surface area contributed by atoms with Gasteiger partial charge < -0.3 is 10.3 Å². The molecule has 1 aromatic carbocycles. The van der Waals surface area contributed by atoms with Crippen LogP contribution in [-0.2, 0) is 6.54 Å². The highest BCUT2D eigenvalue weighted by Gasteiger charge is 2.36. The van der Waals surface area contributed by atoms with E-state index < -0.39 is 17.3 Å². The molecule has 0 saturated heterocycles. The summed E-state index contributed by atoms with van der Waals surface area (Å²) in [6, 6.07) is 4.87. The van der Waals surface area contributed by atoms with Gasteiger partial charge in [-0.15, -0.1) is 0 Å². The van der Waals surface area contributed by atoms with Gasteiger partial charge in [0, 0.05) is 23.5 Å². The van der Waals surface area contributed by atoms with Crippen molar-refractivity contribution in [2.75, 3.05) is 0 Å². The first-order valence-corrected chi connectivity index (χ1v) is 8.58. The van der Waals surface area contributed by atoms with Gasteiger partial charge in [-0.25, -0.2) is 14.1 Å². The first-order chi connectivity index (χ1) is 12.6. The van der Waals surface area contributed by atoms with E-state index in [-0.39, 0.29) is 11.6 Å². The number of nitrogens with zero attached hydrogens (tertiary/aromatic N) is 3. The Morgan fingerprint density at radius 2 is 2.23 bits per heavy atom. The van der Waals surface area contributed by atoms with E-state index in [1.807, 2.05) is 6.92 Å². The molecule has 134 valence electrons. The summed E-state index contributed by atoms with van der Waals surface area (Å²) in [6.07, 6.45) is 3.46. The zero-order chi connectivity index (χ0) is 18.3. The number of benzene rings is 1. The van der Waals surface area contributed by atoms with Crippen LogP contribution in [0.25, 0.3) is 10.9 Å². The standard InChI is InChI=1S/C18H18FN5O2/c1-2-24-17(20-9-21-24)16(10-3-4-10)23-18(26)13-8-15(25)22-14-6-5-11(19)7-12(13)14/h5-10,16H,2-4H2,1H3,(H,22,25)(H,23,26). The first-order valence-electron chi connectivity index (χ1n) is 8.58. The zero-order valence-electron chi connectivity index (χ0n) is 14.2. The lowest BCUT2D eigenvalue weighted by molar-refractivity contribution is 0.0930. The largest absolute Gasteiger partial charge is 0.342 e. The van der Waals surface area contributed by atoms with Gasteiger partial charge in [0.15, 0.2) is 0 Å². The number of hydrogen-bond donors (Lipinski definition) is 2. The molecule has 7 nitrogen and oxygen atoms in total. The van der Waals surface area contributed by atoms with Gasteiger partial charge in [0.1, 0.15) is 18.0 Å².